The van der Waals surface area contributed by atoms with Crippen molar-refractivity contribution in [2.75, 3.05) is 0 Å². The molecule has 84 valence electrons. The van der Waals surface area contributed by atoms with Gasteiger partial charge in [-0.25, -0.2) is 9.42 Å². The summed E-state index contributed by atoms with van der Waals surface area (Å²) in [6, 6.07) is 6.10. The van der Waals surface area contributed by atoms with Crippen molar-refractivity contribution < 1.29 is 9.42 Å². The zero-order valence-electron chi connectivity index (χ0n) is 9.01. The minimum atomic E-state index is 0.179. The molecule has 0 spiro atoms. The highest BCUT2D eigenvalue weighted by atomic mass is 16.6. The Labute approximate surface area is 97.1 Å². The standard InChI is InChI=1S/C12H9N3O2/c16-7-13-12-11(14-17-15-12)10-5-4-8-2-1-3-9(8)6-10/h4-6H,1-3H2. The number of hydrogen-bond donors (Lipinski definition) is 0. The lowest BCUT2D eigenvalue weighted by Crippen LogP contribution is -1.85. The number of aliphatic imine (C=N–C) groups is 1. The van der Waals surface area contributed by atoms with Crippen molar-refractivity contribution in [3.8, 4) is 11.3 Å². The maximum atomic E-state index is 10.2. The largest absolute Gasteiger partial charge is 0.242 e. The van der Waals surface area contributed by atoms with E-state index in [1.54, 1.807) is 0 Å². The molecule has 0 aliphatic heterocycles. The van der Waals surface area contributed by atoms with Gasteiger partial charge in [-0.15, -0.1) is 4.99 Å². The molecule has 5 nitrogen and oxygen atoms in total. The van der Waals surface area contributed by atoms with E-state index in [1.165, 1.54) is 23.6 Å². The third-order valence-corrected chi connectivity index (χ3v) is 2.99. The molecule has 0 saturated carbocycles. The molecule has 1 aromatic heterocycles. The molecule has 2 aromatic rings. The van der Waals surface area contributed by atoms with Crippen molar-refractivity contribution in [3.05, 3.63) is 29.3 Å². The van der Waals surface area contributed by atoms with Crippen molar-refractivity contribution in [2.24, 2.45) is 4.99 Å². The van der Waals surface area contributed by atoms with E-state index in [0.717, 1.165) is 18.4 Å². The van der Waals surface area contributed by atoms with E-state index in [2.05, 4.69) is 32.1 Å². The van der Waals surface area contributed by atoms with Crippen LogP contribution < -0.4 is 0 Å². The molecule has 0 fully saturated rings. The summed E-state index contributed by atoms with van der Waals surface area (Å²) in [5, 5.41) is 7.33. The van der Waals surface area contributed by atoms with Crippen molar-refractivity contribution >= 4 is 11.9 Å². The molecule has 0 atom stereocenters. The lowest BCUT2D eigenvalue weighted by Gasteiger charge is -2.01. The summed E-state index contributed by atoms with van der Waals surface area (Å²) >= 11 is 0. The fourth-order valence-corrected chi connectivity index (χ4v) is 2.20. The third kappa shape index (κ3) is 1.66. The van der Waals surface area contributed by atoms with Crippen LogP contribution in [0.1, 0.15) is 17.5 Å². The van der Waals surface area contributed by atoms with Gasteiger partial charge in [0.25, 0.3) is 0 Å². The van der Waals surface area contributed by atoms with Crippen molar-refractivity contribution in [2.45, 2.75) is 19.3 Å². The number of carbonyl (C=O) groups excluding carboxylic acids is 1. The smallest absolute Gasteiger partial charge is 0.242 e. The first-order chi connectivity index (χ1) is 8.38. The molecule has 0 saturated heterocycles. The molecule has 1 aliphatic rings. The molecule has 17 heavy (non-hydrogen) atoms. The highest BCUT2D eigenvalue weighted by Crippen LogP contribution is 2.30. The van der Waals surface area contributed by atoms with Crippen LogP contribution in [-0.2, 0) is 17.6 Å². The molecule has 0 radical (unpaired) electrons. The van der Waals surface area contributed by atoms with Crippen LogP contribution in [-0.4, -0.2) is 16.4 Å². The van der Waals surface area contributed by atoms with Gasteiger partial charge in [-0.3, -0.25) is 0 Å². The molecule has 0 N–H and O–H groups in total. The Morgan fingerprint density at radius 3 is 3.00 bits per heavy atom. The SMILES string of the molecule is O=C=Nc1nonc1-c1ccc2c(c1)CCC2. The average molecular weight is 227 g/mol. The zero-order valence-corrected chi connectivity index (χ0v) is 9.01. The number of aryl methyl sites for hydroxylation is 2. The number of nitrogens with zero attached hydrogens (tertiary/aromatic N) is 3. The van der Waals surface area contributed by atoms with Gasteiger partial charge >= 0.3 is 0 Å². The maximum Gasteiger partial charge on any atom is 0.242 e. The molecular weight excluding hydrogens is 218 g/mol. The van der Waals surface area contributed by atoms with Gasteiger partial charge in [0.05, 0.1) is 0 Å². The van der Waals surface area contributed by atoms with Gasteiger partial charge < -0.3 is 0 Å². The summed E-state index contributed by atoms with van der Waals surface area (Å²) in [6.45, 7) is 0. The van der Waals surface area contributed by atoms with Crippen molar-refractivity contribution in [1.82, 2.24) is 10.3 Å². The second-order valence-electron chi connectivity index (χ2n) is 3.98. The summed E-state index contributed by atoms with van der Waals surface area (Å²) in [5.41, 5.74) is 4.07. The minimum Gasteiger partial charge on any atom is -0.242 e. The van der Waals surface area contributed by atoms with E-state index in [1.807, 2.05) is 6.07 Å². The predicted octanol–water partition coefficient (Wildman–Crippen LogP) is 2.19. The molecule has 1 heterocycles. The topological polar surface area (TPSA) is 68.3 Å². The summed E-state index contributed by atoms with van der Waals surface area (Å²) in [7, 11) is 0. The number of benzene rings is 1. The molecule has 1 aromatic carbocycles. The fourth-order valence-electron chi connectivity index (χ4n) is 2.20. The van der Waals surface area contributed by atoms with Crippen molar-refractivity contribution in [3.63, 3.8) is 0 Å². The van der Waals surface area contributed by atoms with Gasteiger partial charge in [0.2, 0.25) is 11.9 Å². The second-order valence-corrected chi connectivity index (χ2v) is 3.98. The Morgan fingerprint density at radius 2 is 2.12 bits per heavy atom. The Bertz CT molecular complexity index is 612. The predicted molar refractivity (Wildman–Crippen MR) is 59.5 cm³/mol. The third-order valence-electron chi connectivity index (χ3n) is 2.99. The first kappa shape index (κ1) is 9.93. The highest BCUT2D eigenvalue weighted by Gasteiger charge is 2.16. The number of fused-ring (bicyclic) bond motifs is 1. The molecule has 1 aliphatic carbocycles. The lowest BCUT2D eigenvalue weighted by atomic mass is 10.0. The number of isocyanates is 1. The van der Waals surface area contributed by atoms with E-state index in [0.29, 0.717) is 5.69 Å². The monoisotopic (exact) mass is 227 g/mol. The quantitative estimate of drug-likeness (QED) is 0.582. The van der Waals surface area contributed by atoms with Crippen LogP contribution in [0.5, 0.6) is 0 Å². The molecule has 0 bridgehead atoms. The van der Waals surface area contributed by atoms with Gasteiger partial charge in [-0.05, 0) is 46.8 Å². The fraction of sp³-hybridized carbons (Fsp3) is 0.250. The van der Waals surface area contributed by atoms with Gasteiger partial charge in [0.15, 0.2) is 5.69 Å². The number of hydrogen-bond acceptors (Lipinski definition) is 5. The summed E-state index contributed by atoms with van der Waals surface area (Å²) in [6.07, 6.45) is 4.85. The van der Waals surface area contributed by atoms with E-state index in [-0.39, 0.29) is 5.82 Å². The number of aromatic nitrogens is 2. The Balaban J connectivity index is 2.09. The van der Waals surface area contributed by atoms with Gasteiger partial charge in [0.1, 0.15) is 0 Å². The van der Waals surface area contributed by atoms with E-state index < -0.39 is 0 Å². The maximum absolute atomic E-state index is 10.2. The van der Waals surface area contributed by atoms with Crippen LogP contribution in [0.2, 0.25) is 0 Å². The zero-order chi connectivity index (χ0) is 11.7. The molecule has 3 rings (SSSR count). The summed E-state index contributed by atoms with van der Waals surface area (Å²) in [4.78, 5) is 13.7. The van der Waals surface area contributed by atoms with Gasteiger partial charge in [-0.2, -0.15) is 0 Å². The van der Waals surface area contributed by atoms with Crippen LogP contribution in [0.15, 0.2) is 27.8 Å². The highest BCUT2D eigenvalue weighted by molar-refractivity contribution is 5.71. The summed E-state index contributed by atoms with van der Waals surface area (Å²) in [5.74, 6) is 0.179. The first-order valence-electron chi connectivity index (χ1n) is 5.41. The van der Waals surface area contributed by atoms with E-state index >= 15 is 0 Å². The normalized spacial score (nSPS) is 13.2. The second kappa shape index (κ2) is 3.96. The first-order valence-corrected chi connectivity index (χ1v) is 5.41. The average Bonchev–Trinajstić information content (AvgIpc) is 2.96. The minimum absolute atomic E-state index is 0.179. The van der Waals surface area contributed by atoms with Gasteiger partial charge in [-0.1, -0.05) is 12.1 Å². The molecule has 5 heteroatoms. The molecule has 0 unspecified atom stereocenters. The Kier molecular flexibility index (Phi) is 2.31. The lowest BCUT2D eigenvalue weighted by molar-refractivity contribution is 0.309. The van der Waals surface area contributed by atoms with Crippen LogP contribution in [0.25, 0.3) is 11.3 Å². The van der Waals surface area contributed by atoms with Crippen LogP contribution >= 0.6 is 0 Å². The van der Waals surface area contributed by atoms with Crippen LogP contribution in [0.3, 0.4) is 0 Å². The Hall–Kier alpha value is -2.26. The molecular formula is C12H9N3O2. The van der Waals surface area contributed by atoms with E-state index in [9.17, 15) is 4.79 Å². The van der Waals surface area contributed by atoms with Crippen LogP contribution in [0.4, 0.5) is 5.82 Å². The summed E-state index contributed by atoms with van der Waals surface area (Å²) < 4.78 is 4.60. The van der Waals surface area contributed by atoms with Crippen molar-refractivity contribution in [1.29, 1.82) is 0 Å². The molecule has 0 amide bonds. The van der Waals surface area contributed by atoms with Crippen LogP contribution in [0, 0.1) is 0 Å². The Morgan fingerprint density at radius 1 is 1.24 bits per heavy atom. The van der Waals surface area contributed by atoms with E-state index in [4.69, 9.17) is 0 Å². The van der Waals surface area contributed by atoms with Gasteiger partial charge in [0, 0.05) is 5.56 Å². The number of rotatable bonds is 2.